The first-order chi connectivity index (χ1) is 19.1. The van der Waals surface area contributed by atoms with Gasteiger partial charge in [0.15, 0.2) is 18.3 Å². The van der Waals surface area contributed by atoms with Gasteiger partial charge in [0.25, 0.3) is 0 Å². The van der Waals surface area contributed by atoms with Crippen molar-refractivity contribution in [3.05, 3.63) is 65.2 Å². The van der Waals surface area contributed by atoms with E-state index in [1.165, 1.54) is 50.6 Å². The van der Waals surface area contributed by atoms with Crippen molar-refractivity contribution < 1.29 is 42.9 Å². The van der Waals surface area contributed by atoms with Gasteiger partial charge in [0, 0.05) is 38.5 Å². The smallest absolute Gasteiger partial charge is 0.303 e. The van der Waals surface area contributed by atoms with Crippen LogP contribution < -0.4 is 0 Å². The van der Waals surface area contributed by atoms with Crippen LogP contribution in [0.2, 0.25) is 0 Å². The van der Waals surface area contributed by atoms with E-state index < -0.39 is 53.7 Å². The number of esters is 4. The van der Waals surface area contributed by atoms with Crippen LogP contribution in [0, 0.1) is 0 Å². The summed E-state index contributed by atoms with van der Waals surface area (Å²) in [5.74, 6) is -2.24. The van der Waals surface area contributed by atoms with E-state index in [0.29, 0.717) is 0 Å². The van der Waals surface area contributed by atoms with Crippen LogP contribution >= 0.6 is 11.8 Å². The van der Waals surface area contributed by atoms with Gasteiger partial charge in [0.1, 0.15) is 18.1 Å². The standard InChI is InChI=1S/C30H34O9S/c1-17(31)35-16-26-27(36-18(2)32)28(37-19(3)33)29(38-20(4)34)30(39-26)40-23-12-7-11-22(15-23)25-14-8-10-21-9-5-6-13-24(21)25/h5-7,9,11-13,15,25-30H,8,10,14,16H2,1-4H3/t25?,26-,27-,28+,29-,30+/m1/s1. The maximum atomic E-state index is 12.1. The number of thioether (sulfide) groups is 1. The SMILES string of the molecule is CC(=O)OC[C@H]1O[C@@H](Sc2cccc(C3CCCc4ccccc43)c2)[C@H](OC(C)=O)[C@@H](OC(C)=O)[C@@H]1OC(C)=O. The van der Waals surface area contributed by atoms with E-state index >= 15 is 0 Å². The first kappa shape index (κ1) is 29.6. The highest BCUT2D eigenvalue weighted by Crippen LogP contribution is 2.41. The first-order valence-electron chi connectivity index (χ1n) is 13.3. The number of rotatable bonds is 8. The maximum absolute atomic E-state index is 12.1. The molecule has 2 aromatic rings. The lowest BCUT2D eigenvalue weighted by molar-refractivity contribution is -0.237. The second-order valence-corrected chi connectivity index (χ2v) is 11.1. The maximum Gasteiger partial charge on any atom is 0.303 e. The monoisotopic (exact) mass is 570 g/mol. The summed E-state index contributed by atoms with van der Waals surface area (Å²) in [7, 11) is 0. The number of aryl methyl sites for hydroxylation is 1. The second-order valence-electron chi connectivity index (χ2n) is 9.90. The quantitative estimate of drug-likeness (QED) is 0.336. The third-order valence-electron chi connectivity index (χ3n) is 6.83. The van der Waals surface area contributed by atoms with Gasteiger partial charge in [-0.3, -0.25) is 19.2 Å². The molecule has 1 saturated heterocycles. The lowest BCUT2D eigenvalue weighted by atomic mass is 9.79. The van der Waals surface area contributed by atoms with Crippen molar-refractivity contribution in [3.63, 3.8) is 0 Å². The van der Waals surface area contributed by atoms with Crippen molar-refractivity contribution in [2.75, 3.05) is 6.61 Å². The summed E-state index contributed by atoms with van der Waals surface area (Å²) in [5.41, 5.74) is 2.97. The molecule has 1 unspecified atom stereocenters. The van der Waals surface area contributed by atoms with Gasteiger partial charge in [-0.15, -0.1) is 0 Å². The van der Waals surface area contributed by atoms with E-state index in [9.17, 15) is 19.2 Å². The summed E-state index contributed by atoms with van der Waals surface area (Å²) in [6, 6.07) is 16.6. The van der Waals surface area contributed by atoms with E-state index in [1.807, 2.05) is 12.1 Å². The topological polar surface area (TPSA) is 114 Å². The molecule has 1 heterocycles. The Labute approximate surface area is 237 Å². The summed E-state index contributed by atoms with van der Waals surface area (Å²) >= 11 is 1.29. The van der Waals surface area contributed by atoms with Crippen LogP contribution in [-0.4, -0.2) is 60.3 Å². The fourth-order valence-corrected chi connectivity index (χ4v) is 6.49. The highest BCUT2D eigenvalue weighted by molar-refractivity contribution is 7.99. The van der Waals surface area contributed by atoms with Gasteiger partial charge in [-0.05, 0) is 48.1 Å². The van der Waals surface area contributed by atoms with Gasteiger partial charge in [-0.2, -0.15) is 0 Å². The van der Waals surface area contributed by atoms with E-state index in [0.717, 1.165) is 29.7 Å². The average Bonchev–Trinajstić information content (AvgIpc) is 2.90. The molecule has 0 amide bonds. The van der Waals surface area contributed by atoms with Crippen molar-refractivity contribution in [2.24, 2.45) is 0 Å². The van der Waals surface area contributed by atoms with Gasteiger partial charge in [0.2, 0.25) is 0 Å². The number of hydrogen-bond acceptors (Lipinski definition) is 10. The molecule has 0 saturated carbocycles. The fourth-order valence-electron chi connectivity index (χ4n) is 5.32. The molecule has 1 fully saturated rings. The minimum absolute atomic E-state index is 0.251. The van der Waals surface area contributed by atoms with E-state index in [1.54, 1.807) is 0 Å². The minimum atomic E-state index is -1.19. The van der Waals surface area contributed by atoms with E-state index in [-0.39, 0.29) is 12.5 Å². The van der Waals surface area contributed by atoms with Gasteiger partial charge in [-0.1, -0.05) is 48.2 Å². The molecule has 2 aromatic carbocycles. The molecular weight excluding hydrogens is 536 g/mol. The zero-order valence-corrected chi connectivity index (χ0v) is 23.8. The minimum Gasteiger partial charge on any atom is -0.463 e. The van der Waals surface area contributed by atoms with Crippen molar-refractivity contribution in [1.82, 2.24) is 0 Å². The zero-order chi connectivity index (χ0) is 28.8. The second kappa shape index (κ2) is 13.3. The molecule has 1 aliphatic heterocycles. The number of carbonyl (C=O) groups is 4. The molecule has 0 aromatic heterocycles. The molecule has 40 heavy (non-hydrogen) atoms. The Kier molecular flexibility index (Phi) is 9.86. The van der Waals surface area contributed by atoms with Gasteiger partial charge in [-0.25, -0.2) is 0 Å². The average molecular weight is 571 g/mol. The molecule has 6 atom stereocenters. The molecule has 9 nitrogen and oxygen atoms in total. The normalized spacial score (nSPS) is 25.7. The van der Waals surface area contributed by atoms with Crippen LogP contribution in [-0.2, 0) is 49.3 Å². The van der Waals surface area contributed by atoms with Crippen LogP contribution in [0.1, 0.15) is 63.1 Å². The number of hydrogen-bond donors (Lipinski definition) is 0. The van der Waals surface area contributed by atoms with Crippen molar-refractivity contribution in [3.8, 4) is 0 Å². The highest BCUT2D eigenvalue weighted by atomic mass is 32.2. The largest absolute Gasteiger partial charge is 0.463 e. The first-order valence-corrected chi connectivity index (χ1v) is 14.1. The Morgan fingerprint density at radius 2 is 1.50 bits per heavy atom. The van der Waals surface area contributed by atoms with Crippen LogP contribution in [0.3, 0.4) is 0 Å². The summed E-state index contributed by atoms with van der Waals surface area (Å²) in [4.78, 5) is 48.6. The van der Waals surface area contributed by atoms with Gasteiger partial charge >= 0.3 is 23.9 Å². The Balaban J connectivity index is 1.67. The fraction of sp³-hybridized carbons (Fsp3) is 0.467. The molecule has 0 spiro atoms. The molecule has 0 N–H and O–H groups in total. The summed E-state index contributed by atoms with van der Waals surface area (Å²) in [6.07, 6.45) is -1.26. The Morgan fingerprint density at radius 1 is 0.825 bits per heavy atom. The Hall–Kier alpha value is -3.37. The van der Waals surface area contributed by atoms with Crippen LogP contribution in [0.15, 0.2) is 53.4 Å². The zero-order valence-electron chi connectivity index (χ0n) is 23.0. The molecular formula is C30H34O9S. The van der Waals surface area contributed by atoms with Crippen LogP contribution in [0.4, 0.5) is 0 Å². The molecule has 10 heteroatoms. The van der Waals surface area contributed by atoms with E-state index in [2.05, 4.69) is 36.4 Å². The Bertz CT molecular complexity index is 1250. The summed E-state index contributed by atoms with van der Waals surface area (Å²) < 4.78 is 28.1. The highest BCUT2D eigenvalue weighted by Gasteiger charge is 2.52. The molecule has 0 bridgehead atoms. The third kappa shape index (κ3) is 7.42. The van der Waals surface area contributed by atoms with Crippen molar-refractivity contribution >= 4 is 35.6 Å². The number of ether oxygens (including phenoxy) is 5. The summed E-state index contributed by atoms with van der Waals surface area (Å²) in [5, 5.41) is 0. The third-order valence-corrected chi connectivity index (χ3v) is 7.97. The lowest BCUT2D eigenvalue weighted by Gasteiger charge is -2.44. The Morgan fingerprint density at radius 3 is 2.20 bits per heavy atom. The lowest BCUT2D eigenvalue weighted by Crippen LogP contribution is -2.61. The molecule has 4 rings (SSSR count). The molecule has 1 aliphatic carbocycles. The number of carbonyl (C=O) groups excluding carboxylic acids is 4. The van der Waals surface area contributed by atoms with Crippen molar-refractivity contribution in [1.29, 1.82) is 0 Å². The molecule has 214 valence electrons. The predicted octanol–water partition coefficient (Wildman–Crippen LogP) is 4.33. The van der Waals surface area contributed by atoms with Crippen LogP contribution in [0.25, 0.3) is 0 Å². The van der Waals surface area contributed by atoms with Gasteiger partial charge in [0.05, 0.1) is 0 Å². The van der Waals surface area contributed by atoms with Gasteiger partial charge < -0.3 is 23.7 Å². The number of benzene rings is 2. The molecule has 2 aliphatic rings. The van der Waals surface area contributed by atoms with Crippen molar-refractivity contribution in [2.45, 2.75) is 87.6 Å². The summed E-state index contributed by atoms with van der Waals surface area (Å²) in [6.45, 7) is 4.63. The molecule has 0 radical (unpaired) electrons. The van der Waals surface area contributed by atoms with E-state index in [4.69, 9.17) is 23.7 Å². The predicted molar refractivity (Wildman–Crippen MR) is 145 cm³/mol. The number of fused-ring (bicyclic) bond motifs is 1. The van der Waals surface area contributed by atoms with Crippen LogP contribution in [0.5, 0.6) is 0 Å².